The van der Waals surface area contributed by atoms with E-state index in [0.29, 0.717) is 42.2 Å². The van der Waals surface area contributed by atoms with Crippen LogP contribution in [0.2, 0.25) is 0 Å². The fraction of sp³-hybridized carbons (Fsp3) is 0.400. The fourth-order valence-electron chi connectivity index (χ4n) is 4.58. The molecule has 0 amide bonds. The van der Waals surface area contributed by atoms with E-state index in [0.717, 1.165) is 37.1 Å². The standard InChI is InChI=1S/C25H25F3N4O2/c26-25(27,28)18-8-6-17(7-9-18)23-30-21-11-12-32(15-20(21)24(33)31-23)14-16-5-10-22(29-13-16)34-19-3-1-2-4-19/h5-10,13,19H,1-4,11-12,14-15H2,(H,30,31,33). The summed E-state index contributed by atoms with van der Waals surface area (Å²) in [6, 6.07) is 8.55. The lowest BCUT2D eigenvalue weighted by Gasteiger charge is -2.27. The minimum Gasteiger partial charge on any atom is -0.474 e. The molecule has 0 saturated heterocycles. The predicted octanol–water partition coefficient (Wildman–Crippen LogP) is 4.73. The van der Waals surface area contributed by atoms with Crippen LogP contribution < -0.4 is 10.3 Å². The number of hydrogen-bond acceptors (Lipinski definition) is 5. The zero-order valence-electron chi connectivity index (χ0n) is 18.6. The number of H-pyrrole nitrogens is 1. The Hall–Kier alpha value is -3.20. The highest BCUT2D eigenvalue weighted by Gasteiger charge is 2.30. The molecule has 3 heterocycles. The highest BCUT2D eigenvalue weighted by Crippen LogP contribution is 2.30. The van der Waals surface area contributed by atoms with E-state index in [2.05, 4.69) is 19.9 Å². The lowest BCUT2D eigenvalue weighted by atomic mass is 10.1. The van der Waals surface area contributed by atoms with Crippen LogP contribution in [0.3, 0.4) is 0 Å². The molecule has 5 rings (SSSR count). The number of ether oxygens (including phenoxy) is 1. The number of aromatic amines is 1. The largest absolute Gasteiger partial charge is 0.474 e. The Morgan fingerprint density at radius 1 is 1.09 bits per heavy atom. The maximum atomic E-state index is 12.8. The van der Waals surface area contributed by atoms with Gasteiger partial charge in [-0.2, -0.15) is 13.2 Å². The van der Waals surface area contributed by atoms with Crippen molar-refractivity contribution in [1.29, 1.82) is 0 Å². The van der Waals surface area contributed by atoms with Gasteiger partial charge in [-0.3, -0.25) is 9.69 Å². The van der Waals surface area contributed by atoms with Crippen molar-refractivity contribution in [3.63, 3.8) is 0 Å². The van der Waals surface area contributed by atoms with Crippen LogP contribution in [0.15, 0.2) is 47.4 Å². The number of pyridine rings is 1. The van der Waals surface area contributed by atoms with Gasteiger partial charge in [0.2, 0.25) is 5.88 Å². The minimum atomic E-state index is -4.41. The van der Waals surface area contributed by atoms with Crippen LogP contribution in [0, 0.1) is 0 Å². The van der Waals surface area contributed by atoms with Crippen LogP contribution in [-0.2, 0) is 25.7 Å². The second-order valence-corrected chi connectivity index (χ2v) is 8.90. The normalized spacial score (nSPS) is 17.0. The molecule has 9 heteroatoms. The van der Waals surface area contributed by atoms with Crippen LogP contribution >= 0.6 is 0 Å². The lowest BCUT2D eigenvalue weighted by molar-refractivity contribution is -0.137. The molecule has 0 atom stereocenters. The molecule has 34 heavy (non-hydrogen) atoms. The van der Waals surface area contributed by atoms with E-state index < -0.39 is 11.7 Å². The Balaban J connectivity index is 1.26. The summed E-state index contributed by atoms with van der Waals surface area (Å²) in [5.74, 6) is 0.934. The number of nitrogens with one attached hydrogen (secondary N) is 1. The molecule has 6 nitrogen and oxygen atoms in total. The van der Waals surface area contributed by atoms with Crippen LogP contribution in [-0.4, -0.2) is 32.5 Å². The number of alkyl halides is 3. The van der Waals surface area contributed by atoms with Crippen molar-refractivity contribution < 1.29 is 17.9 Å². The van der Waals surface area contributed by atoms with Gasteiger partial charge in [0.25, 0.3) is 5.56 Å². The Morgan fingerprint density at radius 2 is 1.85 bits per heavy atom. The van der Waals surface area contributed by atoms with Gasteiger partial charge in [-0.05, 0) is 43.4 Å². The molecule has 1 aliphatic heterocycles. The maximum absolute atomic E-state index is 12.8. The quantitative estimate of drug-likeness (QED) is 0.584. The first-order chi connectivity index (χ1) is 16.3. The molecule has 1 saturated carbocycles. The summed E-state index contributed by atoms with van der Waals surface area (Å²) < 4.78 is 44.4. The highest BCUT2D eigenvalue weighted by molar-refractivity contribution is 5.56. The van der Waals surface area contributed by atoms with Crippen LogP contribution in [0.25, 0.3) is 11.4 Å². The van der Waals surface area contributed by atoms with Gasteiger partial charge in [0.05, 0.1) is 16.8 Å². The summed E-state index contributed by atoms with van der Waals surface area (Å²) in [7, 11) is 0. The second kappa shape index (κ2) is 9.21. The minimum absolute atomic E-state index is 0.261. The summed E-state index contributed by atoms with van der Waals surface area (Å²) in [6.07, 6.45) is 2.84. The van der Waals surface area contributed by atoms with Crippen LogP contribution in [0.4, 0.5) is 13.2 Å². The van der Waals surface area contributed by atoms with Crippen molar-refractivity contribution in [1.82, 2.24) is 19.9 Å². The third kappa shape index (κ3) is 4.99. The Kier molecular flexibility index (Phi) is 6.12. The smallest absolute Gasteiger partial charge is 0.416 e. The molecule has 0 bridgehead atoms. The van der Waals surface area contributed by atoms with Gasteiger partial charge in [-0.1, -0.05) is 18.2 Å². The zero-order valence-corrected chi connectivity index (χ0v) is 18.6. The zero-order chi connectivity index (χ0) is 23.7. The summed E-state index contributed by atoms with van der Waals surface area (Å²) in [5, 5.41) is 0. The number of halogens is 3. The topological polar surface area (TPSA) is 71.1 Å². The molecule has 2 aliphatic rings. The van der Waals surface area contributed by atoms with E-state index in [9.17, 15) is 18.0 Å². The average Bonchev–Trinajstić information content (AvgIpc) is 3.33. The lowest BCUT2D eigenvalue weighted by Crippen LogP contribution is -2.35. The molecule has 1 fully saturated rings. The highest BCUT2D eigenvalue weighted by atomic mass is 19.4. The van der Waals surface area contributed by atoms with E-state index in [1.165, 1.54) is 25.0 Å². The average molecular weight is 470 g/mol. The predicted molar refractivity (Wildman–Crippen MR) is 120 cm³/mol. The SMILES string of the molecule is O=c1[nH]c(-c2ccc(C(F)(F)F)cc2)nc2c1CN(Cc1ccc(OC3CCCC3)nc1)CC2. The van der Waals surface area contributed by atoms with Crippen molar-refractivity contribution in [2.45, 2.75) is 57.5 Å². The molecule has 178 valence electrons. The Bertz CT molecular complexity index is 1200. The first kappa shape index (κ1) is 22.6. The van der Waals surface area contributed by atoms with Crippen molar-refractivity contribution in [3.8, 4) is 17.3 Å². The van der Waals surface area contributed by atoms with Crippen molar-refractivity contribution in [2.24, 2.45) is 0 Å². The van der Waals surface area contributed by atoms with Gasteiger partial charge in [-0.25, -0.2) is 9.97 Å². The number of benzene rings is 1. The third-order valence-electron chi connectivity index (χ3n) is 6.43. The van der Waals surface area contributed by atoms with Gasteiger partial charge in [-0.15, -0.1) is 0 Å². The van der Waals surface area contributed by atoms with E-state index in [4.69, 9.17) is 4.74 Å². The number of nitrogens with zero attached hydrogens (tertiary/aromatic N) is 3. The van der Waals surface area contributed by atoms with Crippen molar-refractivity contribution >= 4 is 0 Å². The first-order valence-electron chi connectivity index (χ1n) is 11.5. The number of hydrogen-bond donors (Lipinski definition) is 1. The summed E-state index contributed by atoms with van der Waals surface area (Å²) in [4.78, 5) is 26.6. The van der Waals surface area contributed by atoms with E-state index in [1.54, 1.807) is 0 Å². The van der Waals surface area contributed by atoms with Crippen LogP contribution in [0.5, 0.6) is 5.88 Å². The van der Waals surface area contributed by atoms with Crippen molar-refractivity contribution in [2.75, 3.05) is 6.54 Å². The molecule has 2 aromatic heterocycles. The number of rotatable bonds is 5. The molecule has 0 radical (unpaired) electrons. The van der Waals surface area contributed by atoms with Gasteiger partial charge < -0.3 is 9.72 Å². The second-order valence-electron chi connectivity index (χ2n) is 8.90. The first-order valence-corrected chi connectivity index (χ1v) is 11.5. The molecule has 0 spiro atoms. The third-order valence-corrected chi connectivity index (χ3v) is 6.43. The van der Waals surface area contributed by atoms with Gasteiger partial charge in [0.15, 0.2) is 0 Å². The van der Waals surface area contributed by atoms with Crippen molar-refractivity contribution in [3.05, 3.63) is 75.3 Å². The summed E-state index contributed by atoms with van der Waals surface area (Å²) in [6.45, 7) is 1.82. The van der Waals surface area contributed by atoms with E-state index >= 15 is 0 Å². The van der Waals surface area contributed by atoms with Gasteiger partial charge in [0, 0.05) is 43.9 Å². The Labute approximate surface area is 194 Å². The molecular weight excluding hydrogens is 445 g/mol. The number of aromatic nitrogens is 3. The van der Waals surface area contributed by atoms with E-state index in [-0.39, 0.29) is 17.5 Å². The molecule has 1 aliphatic carbocycles. The molecule has 1 aromatic carbocycles. The fourth-order valence-corrected chi connectivity index (χ4v) is 4.58. The Morgan fingerprint density at radius 3 is 2.53 bits per heavy atom. The maximum Gasteiger partial charge on any atom is 0.416 e. The van der Waals surface area contributed by atoms with E-state index in [1.807, 2.05) is 18.3 Å². The molecule has 3 aromatic rings. The summed E-state index contributed by atoms with van der Waals surface area (Å²) in [5.41, 5.74) is 1.77. The summed E-state index contributed by atoms with van der Waals surface area (Å²) >= 11 is 0. The monoisotopic (exact) mass is 470 g/mol. The molecule has 0 unspecified atom stereocenters. The van der Waals surface area contributed by atoms with Gasteiger partial charge in [0.1, 0.15) is 11.9 Å². The number of fused-ring (bicyclic) bond motifs is 1. The van der Waals surface area contributed by atoms with Crippen LogP contribution in [0.1, 0.15) is 48.1 Å². The van der Waals surface area contributed by atoms with Gasteiger partial charge >= 0.3 is 6.18 Å². The molecular formula is C25H25F3N4O2. The molecule has 1 N–H and O–H groups in total.